The third-order valence-corrected chi connectivity index (χ3v) is 6.93. The predicted molar refractivity (Wildman–Crippen MR) is 105 cm³/mol. The van der Waals surface area contributed by atoms with E-state index in [4.69, 9.17) is 4.42 Å². The lowest BCUT2D eigenvalue weighted by molar-refractivity contribution is -0.384. The number of nitro groups is 1. The van der Waals surface area contributed by atoms with Crippen LogP contribution in [0.25, 0.3) is 11.3 Å². The van der Waals surface area contributed by atoms with Gasteiger partial charge in [0.2, 0.25) is 0 Å². The second-order valence-corrected chi connectivity index (χ2v) is 8.36. The molecule has 2 bridgehead atoms. The van der Waals surface area contributed by atoms with Gasteiger partial charge in [-0.1, -0.05) is 24.3 Å². The molecular formula is C22H17N3O5. The fraction of sp³-hybridized carbons (Fsp3) is 0.318. The highest BCUT2D eigenvalue weighted by Gasteiger charge is 2.67. The number of furan rings is 1. The van der Waals surface area contributed by atoms with E-state index in [1.165, 1.54) is 12.3 Å². The van der Waals surface area contributed by atoms with Gasteiger partial charge in [-0.2, -0.15) is 10.1 Å². The topological polar surface area (TPSA) is 106 Å². The molecule has 1 aromatic heterocycles. The van der Waals surface area contributed by atoms with Gasteiger partial charge in [-0.05, 0) is 48.3 Å². The van der Waals surface area contributed by atoms with Crippen molar-refractivity contribution >= 4 is 23.7 Å². The van der Waals surface area contributed by atoms with Crippen molar-refractivity contribution in [3.63, 3.8) is 0 Å². The molecule has 2 amide bonds. The van der Waals surface area contributed by atoms with Crippen molar-refractivity contribution in [1.29, 1.82) is 0 Å². The Labute approximate surface area is 171 Å². The van der Waals surface area contributed by atoms with Crippen molar-refractivity contribution in [2.75, 3.05) is 0 Å². The number of hydrogen-bond donors (Lipinski definition) is 0. The molecule has 8 nitrogen and oxygen atoms in total. The van der Waals surface area contributed by atoms with E-state index in [0.29, 0.717) is 28.9 Å². The van der Waals surface area contributed by atoms with Crippen LogP contribution in [0, 0.1) is 45.6 Å². The minimum absolute atomic E-state index is 0.0640. The Morgan fingerprint density at radius 1 is 1.03 bits per heavy atom. The minimum Gasteiger partial charge on any atom is -0.455 e. The van der Waals surface area contributed by atoms with E-state index in [1.54, 1.807) is 30.3 Å². The van der Waals surface area contributed by atoms with Crippen molar-refractivity contribution in [3.8, 4) is 11.3 Å². The highest BCUT2D eigenvalue weighted by molar-refractivity contribution is 6.06. The van der Waals surface area contributed by atoms with Gasteiger partial charge in [0, 0.05) is 6.07 Å². The smallest absolute Gasteiger partial charge is 0.280 e. The van der Waals surface area contributed by atoms with Crippen molar-refractivity contribution in [2.45, 2.75) is 6.42 Å². The van der Waals surface area contributed by atoms with E-state index in [1.807, 2.05) is 0 Å². The first-order chi connectivity index (χ1) is 14.5. The molecule has 0 unspecified atom stereocenters. The van der Waals surface area contributed by atoms with Crippen LogP contribution in [0.1, 0.15) is 12.2 Å². The number of hydrazone groups is 1. The average Bonchev–Trinajstić information content (AvgIpc) is 3.39. The number of nitrogens with zero attached hydrogens (tertiary/aromatic N) is 3. The molecule has 2 aromatic rings. The fourth-order valence-corrected chi connectivity index (χ4v) is 5.58. The summed E-state index contributed by atoms with van der Waals surface area (Å²) in [5.41, 5.74) is 0.286. The number of rotatable bonds is 4. The van der Waals surface area contributed by atoms with E-state index in [9.17, 15) is 19.7 Å². The number of hydrogen-bond acceptors (Lipinski definition) is 6. The zero-order chi connectivity index (χ0) is 20.6. The Morgan fingerprint density at radius 2 is 1.70 bits per heavy atom. The number of nitro benzene ring substituents is 1. The molecule has 3 fully saturated rings. The molecule has 7 rings (SSSR count). The molecule has 6 atom stereocenters. The van der Waals surface area contributed by atoms with Gasteiger partial charge < -0.3 is 4.42 Å². The van der Waals surface area contributed by atoms with Crippen molar-refractivity contribution in [1.82, 2.24) is 5.01 Å². The number of benzene rings is 1. The van der Waals surface area contributed by atoms with Gasteiger partial charge in [-0.25, -0.2) is 0 Å². The SMILES string of the molecule is O=C1[C@@H]2[C@H]3C=C[C@@H]([C@@H]4C[C@@H]34)[C@H]2C(=O)N1N=Cc1ccc(-c2ccccc2[N+](=O)[O-])o1. The standard InChI is InChI=1S/C22H17N3O5/c26-21-19-12-6-7-13(16-9-15(12)16)20(19)22(27)24(21)23-10-11-5-8-18(30-11)14-3-1-2-4-17(14)25(28)29/h1-8,10,12-13,15-16,19-20H,9H2/t12-,13-,15-,16-,19+,20+/m0/s1. The highest BCUT2D eigenvalue weighted by Crippen LogP contribution is 2.65. The highest BCUT2D eigenvalue weighted by atomic mass is 16.6. The zero-order valence-corrected chi connectivity index (χ0v) is 15.8. The summed E-state index contributed by atoms with van der Waals surface area (Å²) in [6.07, 6.45) is 6.66. The lowest BCUT2D eigenvalue weighted by Gasteiger charge is -2.37. The van der Waals surface area contributed by atoms with Crippen LogP contribution >= 0.6 is 0 Å². The molecule has 2 saturated carbocycles. The quantitative estimate of drug-likeness (QED) is 0.256. The minimum atomic E-state index is -0.470. The van der Waals surface area contributed by atoms with Gasteiger partial charge in [0.1, 0.15) is 11.5 Å². The largest absolute Gasteiger partial charge is 0.455 e. The van der Waals surface area contributed by atoms with Crippen molar-refractivity contribution < 1.29 is 18.9 Å². The molecule has 1 aromatic carbocycles. The maximum absolute atomic E-state index is 12.9. The first kappa shape index (κ1) is 17.3. The van der Waals surface area contributed by atoms with Crippen LogP contribution in [-0.2, 0) is 9.59 Å². The van der Waals surface area contributed by atoms with Crippen LogP contribution in [0.2, 0.25) is 0 Å². The summed E-state index contributed by atoms with van der Waals surface area (Å²) in [6.45, 7) is 0. The summed E-state index contributed by atoms with van der Waals surface area (Å²) >= 11 is 0. The Hall–Kier alpha value is -3.55. The summed E-state index contributed by atoms with van der Waals surface area (Å²) in [7, 11) is 0. The first-order valence-corrected chi connectivity index (χ1v) is 9.98. The predicted octanol–water partition coefficient (Wildman–Crippen LogP) is 3.24. The molecule has 2 heterocycles. The number of para-hydroxylation sites is 1. The third-order valence-electron chi connectivity index (χ3n) is 6.93. The zero-order valence-electron chi connectivity index (χ0n) is 15.8. The van der Waals surface area contributed by atoms with E-state index in [-0.39, 0.29) is 41.2 Å². The number of allylic oxidation sites excluding steroid dienone is 2. The monoisotopic (exact) mass is 403 g/mol. The van der Waals surface area contributed by atoms with Gasteiger partial charge in [0.25, 0.3) is 17.5 Å². The van der Waals surface area contributed by atoms with Gasteiger partial charge in [-0.3, -0.25) is 19.7 Å². The number of carbonyl (C=O) groups excluding carboxylic acids is 2. The van der Waals surface area contributed by atoms with Gasteiger partial charge in [-0.15, -0.1) is 0 Å². The van der Waals surface area contributed by atoms with E-state index in [2.05, 4.69) is 17.3 Å². The van der Waals surface area contributed by atoms with Crippen LogP contribution in [0.3, 0.4) is 0 Å². The molecule has 4 aliphatic carbocycles. The second kappa shape index (κ2) is 5.98. The van der Waals surface area contributed by atoms with Crippen molar-refractivity contribution in [3.05, 3.63) is 64.4 Å². The van der Waals surface area contributed by atoms with E-state index in [0.717, 1.165) is 11.4 Å². The fourth-order valence-electron chi connectivity index (χ4n) is 5.58. The molecule has 8 heteroatoms. The molecule has 30 heavy (non-hydrogen) atoms. The summed E-state index contributed by atoms with van der Waals surface area (Å²) in [5.74, 6) is 0.924. The number of carbonyl (C=O) groups is 2. The lowest BCUT2D eigenvalue weighted by Crippen LogP contribution is -2.40. The Bertz CT molecular complexity index is 1130. The molecule has 0 radical (unpaired) electrons. The second-order valence-electron chi connectivity index (χ2n) is 8.36. The summed E-state index contributed by atoms with van der Waals surface area (Å²) in [5, 5.41) is 16.4. The van der Waals surface area contributed by atoms with E-state index >= 15 is 0 Å². The Morgan fingerprint density at radius 3 is 2.37 bits per heavy atom. The van der Waals surface area contributed by atoms with Crippen LogP contribution in [-0.4, -0.2) is 28.0 Å². The van der Waals surface area contributed by atoms with Gasteiger partial charge >= 0.3 is 0 Å². The maximum Gasteiger partial charge on any atom is 0.280 e. The molecule has 1 saturated heterocycles. The summed E-state index contributed by atoms with van der Waals surface area (Å²) in [6, 6.07) is 9.49. The number of imide groups is 1. The summed E-state index contributed by atoms with van der Waals surface area (Å²) in [4.78, 5) is 36.6. The third kappa shape index (κ3) is 2.30. The molecule has 5 aliphatic rings. The van der Waals surface area contributed by atoms with E-state index < -0.39 is 4.92 Å². The molecule has 1 aliphatic heterocycles. The van der Waals surface area contributed by atoms with Gasteiger partial charge in [0.15, 0.2) is 0 Å². The lowest BCUT2D eigenvalue weighted by atomic mass is 9.63. The molecular weight excluding hydrogens is 386 g/mol. The Balaban J connectivity index is 1.26. The maximum atomic E-state index is 12.9. The molecule has 150 valence electrons. The van der Waals surface area contributed by atoms with Crippen molar-refractivity contribution in [2.24, 2.45) is 40.6 Å². The molecule has 0 N–H and O–H groups in total. The number of amides is 2. The van der Waals surface area contributed by atoms with Crippen LogP contribution < -0.4 is 0 Å². The first-order valence-electron chi connectivity index (χ1n) is 9.98. The normalized spacial score (nSPS) is 33.3. The summed E-state index contributed by atoms with van der Waals surface area (Å²) < 4.78 is 5.67. The molecule has 0 spiro atoms. The van der Waals surface area contributed by atoms with Crippen LogP contribution in [0.5, 0.6) is 0 Å². The Kier molecular flexibility index (Phi) is 3.45. The van der Waals surface area contributed by atoms with Crippen LogP contribution in [0.4, 0.5) is 5.69 Å². The van der Waals surface area contributed by atoms with Gasteiger partial charge in [0.05, 0.1) is 28.5 Å². The van der Waals surface area contributed by atoms with Crippen LogP contribution in [0.15, 0.2) is 58.1 Å². The average molecular weight is 403 g/mol.